The lowest BCUT2D eigenvalue weighted by Crippen LogP contribution is -2.30. The van der Waals surface area contributed by atoms with E-state index in [4.69, 9.17) is 0 Å². The zero-order valence-corrected chi connectivity index (χ0v) is 11.1. The molecule has 0 fully saturated rings. The molecule has 2 heterocycles. The minimum atomic E-state index is -1.11. The Labute approximate surface area is 115 Å². The van der Waals surface area contributed by atoms with Crippen molar-refractivity contribution in [2.45, 2.75) is 12.5 Å². The number of rotatable bonds is 5. The quantitative estimate of drug-likeness (QED) is 0.625. The number of aryl methyl sites for hydroxylation is 1. The van der Waals surface area contributed by atoms with Crippen LogP contribution in [0.1, 0.15) is 12.5 Å². The lowest BCUT2D eigenvalue weighted by Gasteiger charge is -2.22. The number of pyridine rings is 1. The highest BCUT2D eigenvalue weighted by Crippen LogP contribution is 2.20. The molecule has 2 N–H and O–H groups in total. The van der Waals surface area contributed by atoms with Gasteiger partial charge in [-0.2, -0.15) is 5.10 Å². The van der Waals surface area contributed by atoms with Crippen molar-refractivity contribution in [1.82, 2.24) is 14.8 Å². The van der Waals surface area contributed by atoms with E-state index in [0.29, 0.717) is 11.4 Å². The van der Waals surface area contributed by atoms with E-state index in [2.05, 4.69) is 15.4 Å². The van der Waals surface area contributed by atoms with E-state index in [0.717, 1.165) is 0 Å². The molecule has 0 radical (unpaired) electrons. The van der Waals surface area contributed by atoms with Crippen molar-refractivity contribution >= 4 is 11.5 Å². The molecule has 8 nitrogen and oxygen atoms in total. The maximum absolute atomic E-state index is 10.5. The fourth-order valence-corrected chi connectivity index (χ4v) is 1.66. The number of hydrogen-bond acceptors (Lipinski definition) is 6. The van der Waals surface area contributed by atoms with Gasteiger partial charge in [0.15, 0.2) is 0 Å². The van der Waals surface area contributed by atoms with Crippen LogP contribution in [-0.2, 0) is 12.6 Å². The third kappa shape index (κ3) is 3.09. The second kappa shape index (κ2) is 5.25. The Morgan fingerprint density at radius 1 is 1.50 bits per heavy atom. The Bertz CT molecular complexity index is 606. The van der Waals surface area contributed by atoms with E-state index in [1.165, 1.54) is 18.3 Å². The van der Waals surface area contributed by atoms with Crippen molar-refractivity contribution in [3.05, 3.63) is 46.4 Å². The molecule has 2 aromatic heterocycles. The van der Waals surface area contributed by atoms with Crippen molar-refractivity contribution in [1.29, 1.82) is 0 Å². The molecule has 0 saturated carbocycles. The summed E-state index contributed by atoms with van der Waals surface area (Å²) in [6, 6.07) is 2.85. The molecule has 0 aliphatic carbocycles. The number of nitrogens with zero attached hydrogens (tertiary/aromatic N) is 4. The lowest BCUT2D eigenvalue weighted by atomic mass is 10.00. The van der Waals surface area contributed by atoms with Crippen LogP contribution in [0.15, 0.2) is 30.7 Å². The van der Waals surface area contributed by atoms with E-state index in [-0.39, 0.29) is 12.2 Å². The van der Waals surface area contributed by atoms with Crippen molar-refractivity contribution in [3.8, 4) is 0 Å². The number of nitro groups is 1. The fourth-order valence-electron chi connectivity index (χ4n) is 1.66. The highest BCUT2D eigenvalue weighted by molar-refractivity contribution is 5.40. The van der Waals surface area contributed by atoms with Gasteiger partial charge in [-0.1, -0.05) is 0 Å². The first kappa shape index (κ1) is 13.9. The minimum Gasteiger partial charge on any atom is -0.383 e. The SMILES string of the molecule is Cn1cc([C@@](C)(O)CNc2ccc([N+](=O)[O-])cn2)cn1. The molecule has 0 spiro atoms. The average Bonchev–Trinajstić information content (AvgIpc) is 2.84. The highest BCUT2D eigenvalue weighted by Gasteiger charge is 2.24. The summed E-state index contributed by atoms with van der Waals surface area (Å²) in [6.07, 6.45) is 4.48. The Morgan fingerprint density at radius 3 is 2.75 bits per heavy atom. The van der Waals surface area contributed by atoms with Crippen LogP contribution in [0.5, 0.6) is 0 Å². The first-order valence-corrected chi connectivity index (χ1v) is 5.94. The lowest BCUT2D eigenvalue weighted by molar-refractivity contribution is -0.385. The van der Waals surface area contributed by atoms with Crippen molar-refractivity contribution < 1.29 is 10.0 Å². The maximum Gasteiger partial charge on any atom is 0.287 e. The molecule has 1 atom stereocenters. The molecular formula is C12H15N5O3. The molecule has 0 amide bonds. The van der Waals surface area contributed by atoms with Crippen LogP contribution in [0.2, 0.25) is 0 Å². The van der Waals surface area contributed by atoms with Crippen LogP contribution in [-0.4, -0.2) is 31.3 Å². The van der Waals surface area contributed by atoms with Crippen molar-refractivity contribution in [2.75, 3.05) is 11.9 Å². The summed E-state index contributed by atoms with van der Waals surface area (Å²) in [5.74, 6) is 0.458. The normalized spacial score (nSPS) is 13.8. The third-order valence-corrected chi connectivity index (χ3v) is 2.90. The van der Waals surface area contributed by atoms with Crippen LogP contribution in [0.3, 0.4) is 0 Å². The van der Waals surface area contributed by atoms with Gasteiger partial charge in [-0.3, -0.25) is 14.8 Å². The molecule has 2 rings (SSSR count). The van der Waals surface area contributed by atoms with Crippen LogP contribution >= 0.6 is 0 Å². The third-order valence-electron chi connectivity index (χ3n) is 2.90. The summed E-state index contributed by atoms with van der Waals surface area (Å²) >= 11 is 0. The van der Waals surface area contributed by atoms with Gasteiger partial charge in [0.1, 0.15) is 17.6 Å². The zero-order chi connectivity index (χ0) is 14.8. The molecule has 106 valence electrons. The van der Waals surface area contributed by atoms with Crippen LogP contribution < -0.4 is 5.32 Å². The van der Waals surface area contributed by atoms with Crippen LogP contribution in [0, 0.1) is 10.1 Å². The Balaban J connectivity index is 2.02. The summed E-state index contributed by atoms with van der Waals surface area (Å²) in [6.45, 7) is 1.87. The first-order valence-electron chi connectivity index (χ1n) is 5.94. The smallest absolute Gasteiger partial charge is 0.287 e. The van der Waals surface area contributed by atoms with Gasteiger partial charge in [0, 0.05) is 31.4 Å². The number of hydrogen-bond donors (Lipinski definition) is 2. The summed E-state index contributed by atoms with van der Waals surface area (Å²) in [4.78, 5) is 13.9. The first-order chi connectivity index (χ1) is 9.38. The monoisotopic (exact) mass is 277 g/mol. The fraction of sp³-hybridized carbons (Fsp3) is 0.333. The van der Waals surface area contributed by atoms with Crippen LogP contribution in [0.4, 0.5) is 11.5 Å². The zero-order valence-electron chi connectivity index (χ0n) is 11.1. The highest BCUT2D eigenvalue weighted by atomic mass is 16.6. The van der Waals surface area contributed by atoms with Gasteiger partial charge in [0.2, 0.25) is 0 Å². The molecule has 0 aliphatic rings. The van der Waals surface area contributed by atoms with E-state index in [1.807, 2.05) is 0 Å². The maximum atomic E-state index is 10.5. The van der Waals surface area contributed by atoms with Gasteiger partial charge >= 0.3 is 0 Å². The molecular weight excluding hydrogens is 262 g/mol. The largest absolute Gasteiger partial charge is 0.383 e. The minimum absolute atomic E-state index is 0.0745. The second-order valence-corrected chi connectivity index (χ2v) is 4.69. The molecule has 2 aromatic rings. The van der Waals surface area contributed by atoms with E-state index in [1.54, 1.807) is 31.0 Å². The van der Waals surface area contributed by atoms with E-state index in [9.17, 15) is 15.2 Å². The molecule has 0 saturated heterocycles. The predicted octanol–water partition coefficient (Wildman–Crippen LogP) is 1.04. The van der Waals surface area contributed by atoms with Gasteiger partial charge in [-0.15, -0.1) is 0 Å². The van der Waals surface area contributed by atoms with Gasteiger partial charge in [0.05, 0.1) is 11.1 Å². The molecule has 8 heteroatoms. The standard InChI is InChI=1S/C12H15N5O3/c1-12(18,9-5-15-16(2)7-9)8-14-11-4-3-10(6-13-11)17(19)20/h3-7,18H,8H2,1-2H3,(H,13,14)/t12-/m0/s1. The Morgan fingerprint density at radius 2 is 2.25 bits per heavy atom. The number of aromatic nitrogens is 3. The predicted molar refractivity (Wildman–Crippen MR) is 72.2 cm³/mol. The number of anilines is 1. The average molecular weight is 277 g/mol. The topological polar surface area (TPSA) is 106 Å². The van der Waals surface area contributed by atoms with E-state index >= 15 is 0 Å². The van der Waals surface area contributed by atoms with Crippen molar-refractivity contribution in [3.63, 3.8) is 0 Å². The Hall–Kier alpha value is -2.48. The number of aliphatic hydroxyl groups is 1. The van der Waals surface area contributed by atoms with Gasteiger partial charge in [-0.05, 0) is 13.0 Å². The number of nitrogens with one attached hydrogen (secondary N) is 1. The summed E-state index contributed by atoms with van der Waals surface area (Å²) < 4.78 is 1.61. The molecule has 0 aromatic carbocycles. The Kier molecular flexibility index (Phi) is 3.66. The molecule has 0 bridgehead atoms. The molecule has 0 unspecified atom stereocenters. The van der Waals surface area contributed by atoms with Gasteiger partial charge < -0.3 is 10.4 Å². The summed E-state index contributed by atoms with van der Waals surface area (Å²) in [5.41, 5.74) is -0.512. The summed E-state index contributed by atoms with van der Waals surface area (Å²) in [7, 11) is 1.77. The van der Waals surface area contributed by atoms with Gasteiger partial charge in [0.25, 0.3) is 5.69 Å². The second-order valence-electron chi connectivity index (χ2n) is 4.69. The summed E-state index contributed by atoms with van der Waals surface area (Å²) in [5, 5.41) is 27.8. The molecule has 20 heavy (non-hydrogen) atoms. The van der Waals surface area contributed by atoms with Gasteiger partial charge in [-0.25, -0.2) is 4.98 Å². The molecule has 0 aliphatic heterocycles. The van der Waals surface area contributed by atoms with Crippen LogP contribution in [0.25, 0.3) is 0 Å². The van der Waals surface area contributed by atoms with Crippen molar-refractivity contribution in [2.24, 2.45) is 7.05 Å². The van der Waals surface area contributed by atoms with E-state index < -0.39 is 10.5 Å².